The normalized spacial score (nSPS) is 21.7. The Morgan fingerprint density at radius 3 is 3.09 bits per heavy atom. The molecule has 1 saturated heterocycles. The van der Waals surface area contributed by atoms with E-state index in [9.17, 15) is 0 Å². The maximum atomic E-state index is 4.61. The average Bonchev–Trinajstić information content (AvgIpc) is 3.17. The molecule has 1 aliphatic rings. The molecule has 2 N–H and O–H groups in total. The summed E-state index contributed by atoms with van der Waals surface area (Å²) in [6.45, 7) is 4.13. The fourth-order valence-electron chi connectivity index (χ4n) is 2.88. The van der Waals surface area contributed by atoms with Crippen molar-refractivity contribution in [3.05, 3.63) is 36.3 Å². The van der Waals surface area contributed by atoms with Crippen LogP contribution in [0.5, 0.6) is 0 Å². The van der Waals surface area contributed by atoms with Crippen molar-refractivity contribution in [3.63, 3.8) is 0 Å². The molecule has 1 aliphatic heterocycles. The maximum Gasteiger partial charge on any atom is 0.191 e. The van der Waals surface area contributed by atoms with Gasteiger partial charge in [0.15, 0.2) is 5.96 Å². The van der Waals surface area contributed by atoms with E-state index in [1.54, 1.807) is 0 Å². The fraction of sp³-hybridized carbons (Fsp3) is 0.529. The molecule has 1 unspecified atom stereocenters. The molecule has 1 atom stereocenters. The lowest BCUT2D eigenvalue weighted by atomic mass is 10.1. The Balaban J connectivity index is 1.46. The third kappa shape index (κ3) is 4.19. The third-order valence-electron chi connectivity index (χ3n) is 4.24. The number of aliphatic imine (C=N–C) groups is 1. The molecule has 0 aromatic carbocycles. The topological polar surface area (TPSA) is 53.7 Å². The van der Waals surface area contributed by atoms with Crippen molar-refractivity contribution in [2.24, 2.45) is 4.99 Å². The summed E-state index contributed by atoms with van der Waals surface area (Å²) in [7, 11) is 1.82. The van der Waals surface area contributed by atoms with Crippen LogP contribution in [-0.2, 0) is 6.42 Å². The van der Waals surface area contributed by atoms with Crippen LogP contribution in [0.25, 0.3) is 5.65 Å². The van der Waals surface area contributed by atoms with Gasteiger partial charge >= 0.3 is 0 Å². The molecule has 2 aromatic heterocycles. The number of hydrogen-bond acceptors (Lipinski definition) is 3. The Bertz CT molecular complexity index is 639. The first-order valence-electron chi connectivity index (χ1n) is 8.20. The number of imidazole rings is 1. The molecule has 6 heteroatoms. The van der Waals surface area contributed by atoms with Gasteiger partial charge in [0.2, 0.25) is 0 Å². The fourth-order valence-corrected chi connectivity index (χ4v) is 4.13. The number of hydrogen-bond donors (Lipinski definition) is 2. The minimum absolute atomic E-state index is 0.346. The zero-order chi connectivity index (χ0) is 16.1. The van der Waals surface area contributed by atoms with Crippen molar-refractivity contribution in [1.82, 2.24) is 20.0 Å². The van der Waals surface area contributed by atoms with Crippen LogP contribution in [-0.4, -0.2) is 46.0 Å². The molecule has 0 aliphatic carbocycles. The van der Waals surface area contributed by atoms with E-state index in [1.165, 1.54) is 18.6 Å². The molecule has 0 saturated carbocycles. The summed E-state index contributed by atoms with van der Waals surface area (Å²) in [5.41, 5.74) is 2.09. The largest absolute Gasteiger partial charge is 0.356 e. The highest BCUT2D eigenvalue weighted by Gasteiger charge is 2.29. The predicted molar refractivity (Wildman–Crippen MR) is 98.4 cm³/mol. The van der Waals surface area contributed by atoms with Gasteiger partial charge in [0.05, 0.1) is 5.69 Å². The highest BCUT2D eigenvalue weighted by Crippen LogP contribution is 2.36. The zero-order valence-electron chi connectivity index (χ0n) is 13.9. The van der Waals surface area contributed by atoms with Crippen LogP contribution in [0.1, 0.15) is 25.5 Å². The molecule has 23 heavy (non-hydrogen) atoms. The number of fused-ring (bicyclic) bond motifs is 1. The van der Waals surface area contributed by atoms with Crippen LogP contribution in [0.2, 0.25) is 0 Å². The van der Waals surface area contributed by atoms with Crippen molar-refractivity contribution in [2.75, 3.05) is 25.9 Å². The van der Waals surface area contributed by atoms with E-state index < -0.39 is 0 Å². The van der Waals surface area contributed by atoms with Crippen molar-refractivity contribution in [1.29, 1.82) is 0 Å². The van der Waals surface area contributed by atoms with Gasteiger partial charge in [-0.2, -0.15) is 11.8 Å². The Morgan fingerprint density at radius 2 is 2.35 bits per heavy atom. The van der Waals surface area contributed by atoms with Gasteiger partial charge in [-0.25, -0.2) is 4.98 Å². The molecule has 0 amide bonds. The summed E-state index contributed by atoms with van der Waals surface area (Å²) >= 11 is 2.06. The highest BCUT2D eigenvalue weighted by molar-refractivity contribution is 8.00. The molecular weight excluding hydrogens is 306 g/mol. The number of rotatable bonds is 5. The van der Waals surface area contributed by atoms with E-state index in [2.05, 4.69) is 49.9 Å². The van der Waals surface area contributed by atoms with Crippen molar-refractivity contribution in [3.8, 4) is 0 Å². The first-order chi connectivity index (χ1) is 11.2. The van der Waals surface area contributed by atoms with Crippen molar-refractivity contribution >= 4 is 23.4 Å². The molecule has 124 valence electrons. The number of nitrogens with zero attached hydrogens (tertiary/aromatic N) is 3. The van der Waals surface area contributed by atoms with E-state index >= 15 is 0 Å². The Hall–Kier alpha value is -1.69. The molecule has 5 nitrogen and oxygen atoms in total. The van der Waals surface area contributed by atoms with Gasteiger partial charge < -0.3 is 15.0 Å². The van der Waals surface area contributed by atoms with Gasteiger partial charge in [-0.1, -0.05) is 6.07 Å². The van der Waals surface area contributed by atoms with Crippen LogP contribution in [0, 0.1) is 0 Å². The van der Waals surface area contributed by atoms with Gasteiger partial charge in [-0.3, -0.25) is 4.99 Å². The molecule has 3 heterocycles. The molecule has 0 spiro atoms. The minimum Gasteiger partial charge on any atom is -0.356 e. The molecule has 0 bridgehead atoms. The van der Waals surface area contributed by atoms with Gasteiger partial charge in [0.25, 0.3) is 0 Å². The lowest BCUT2D eigenvalue weighted by Gasteiger charge is -2.24. The van der Waals surface area contributed by atoms with Crippen molar-refractivity contribution in [2.45, 2.75) is 30.9 Å². The van der Waals surface area contributed by atoms with Crippen LogP contribution >= 0.6 is 11.8 Å². The minimum atomic E-state index is 0.346. The van der Waals surface area contributed by atoms with E-state index in [0.29, 0.717) is 4.75 Å². The molecule has 3 rings (SSSR count). The summed E-state index contributed by atoms with van der Waals surface area (Å²) in [5.74, 6) is 2.15. The second-order valence-electron chi connectivity index (χ2n) is 6.20. The third-order valence-corrected chi connectivity index (χ3v) is 5.78. The maximum absolute atomic E-state index is 4.61. The summed E-state index contributed by atoms with van der Waals surface area (Å²) in [6, 6.07) is 6.05. The zero-order valence-corrected chi connectivity index (χ0v) is 14.7. The van der Waals surface area contributed by atoms with Crippen LogP contribution in [0.4, 0.5) is 0 Å². The lowest BCUT2D eigenvalue weighted by Crippen LogP contribution is -2.44. The first-order valence-corrected chi connectivity index (χ1v) is 9.18. The van der Waals surface area contributed by atoms with Gasteiger partial charge in [0, 0.05) is 43.7 Å². The summed E-state index contributed by atoms with van der Waals surface area (Å²) < 4.78 is 2.40. The molecule has 1 fully saturated rings. The van der Waals surface area contributed by atoms with Gasteiger partial charge in [-0.15, -0.1) is 0 Å². The molecule has 0 radical (unpaired) electrons. The monoisotopic (exact) mass is 331 g/mol. The number of aromatic nitrogens is 2. The van der Waals surface area contributed by atoms with E-state index in [1.807, 2.05) is 31.4 Å². The summed E-state index contributed by atoms with van der Waals surface area (Å²) in [5, 5.41) is 6.84. The Labute approximate surface area is 142 Å². The molecular formula is C17H25N5S. The first kappa shape index (κ1) is 16.2. The second-order valence-corrected chi connectivity index (χ2v) is 7.89. The SMILES string of the molecule is CN=C(NCCc1cn2ccccc2n1)NCC1(C)CCCS1. The molecule has 2 aromatic rings. The van der Waals surface area contributed by atoms with Gasteiger partial charge in [0.1, 0.15) is 5.65 Å². The number of pyridine rings is 1. The Morgan fingerprint density at radius 1 is 1.43 bits per heavy atom. The van der Waals surface area contributed by atoms with Crippen molar-refractivity contribution < 1.29 is 0 Å². The van der Waals surface area contributed by atoms with E-state index in [-0.39, 0.29) is 0 Å². The van der Waals surface area contributed by atoms with E-state index in [0.717, 1.165) is 36.8 Å². The average molecular weight is 331 g/mol. The predicted octanol–water partition coefficient (Wildman–Crippen LogP) is 2.33. The van der Waals surface area contributed by atoms with Gasteiger partial charge in [-0.05, 0) is 37.7 Å². The summed E-state index contributed by atoms with van der Waals surface area (Å²) in [6.07, 6.45) is 7.60. The smallest absolute Gasteiger partial charge is 0.191 e. The number of nitrogens with one attached hydrogen (secondary N) is 2. The standard InChI is InChI=1S/C17H25N5S/c1-17(8-5-11-23-17)13-20-16(18-2)19-9-7-14-12-22-10-4-3-6-15(22)21-14/h3-4,6,10,12H,5,7-9,11,13H2,1-2H3,(H2,18,19,20). The second kappa shape index (κ2) is 7.25. The van der Waals surface area contributed by atoms with E-state index in [4.69, 9.17) is 0 Å². The summed E-state index contributed by atoms with van der Waals surface area (Å²) in [4.78, 5) is 8.93. The Kier molecular flexibility index (Phi) is 5.10. The number of guanidine groups is 1. The highest BCUT2D eigenvalue weighted by atomic mass is 32.2. The van der Waals surface area contributed by atoms with Crippen LogP contribution in [0.15, 0.2) is 35.6 Å². The quantitative estimate of drug-likeness (QED) is 0.652. The lowest BCUT2D eigenvalue weighted by molar-refractivity contribution is 0.584. The number of thioether (sulfide) groups is 1. The van der Waals surface area contributed by atoms with Crippen LogP contribution in [0.3, 0.4) is 0 Å². The van der Waals surface area contributed by atoms with Crippen LogP contribution < -0.4 is 10.6 Å².